The average Bonchev–Trinajstić information content (AvgIpc) is 3.80. The van der Waals surface area contributed by atoms with E-state index in [0.717, 1.165) is 45.3 Å². The zero-order chi connectivity index (χ0) is 44.0. The molecule has 0 radical (unpaired) electrons. The van der Waals surface area contributed by atoms with Crippen LogP contribution in [0.5, 0.6) is 11.5 Å². The highest BCUT2D eigenvalue weighted by Crippen LogP contribution is 2.65. The minimum absolute atomic E-state index is 0.141. The van der Waals surface area contributed by atoms with Gasteiger partial charge in [0.15, 0.2) is 0 Å². The molecule has 10 aromatic carbocycles. The van der Waals surface area contributed by atoms with Crippen LogP contribution in [0.3, 0.4) is 0 Å². The van der Waals surface area contributed by atoms with Gasteiger partial charge in [0.1, 0.15) is 11.5 Å². The van der Waals surface area contributed by atoms with Gasteiger partial charge in [-0.1, -0.05) is 208 Å². The fraction of sp³-hybridized carbons (Fsp3) is 0.0625. The molecule has 1 spiro atoms. The van der Waals surface area contributed by atoms with Gasteiger partial charge in [0, 0.05) is 33.5 Å². The molecule has 2 aliphatic carbocycles. The summed E-state index contributed by atoms with van der Waals surface area (Å²) >= 11 is 0. The largest absolute Gasteiger partial charge is 0.457 e. The summed E-state index contributed by atoms with van der Waals surface area (Å²) in [6.07, 6.45) is 0. The third kappa shape index (κ3) is 5.48. The van der Waals surface area contributed by atoms with Crippen LogP contribution in [0, 0.1) is 0 Å². The number of rotatable bonds is 6. The van der Waals surface area contributed by atoms with E-state index in [1.165, 1.54) is 72.3 Å². The van der Waals surface area contributed by atoms with Crippen molar-refractivity contribution in [3.8, 4) is 67.1 Å². The molecule has 0 saturated heterocycles. The number of ether oxygens (including phenoxy) is 1. The van der Waals surface area contributed by atoms with Gasteiger partial charge in [-0.25, -0.2) is 0 Å². The van der Waals surface area contributed by atoms with E-state index in [9.17, 15) is 0 Å². The van der Waals surface area contributed by atoms with Crippen LogP contribution in [0.2, 0.25) is 0 Å². The molecule has 2 heteroatoms. The zero-order valence-corrected chi connectivity index (χ0v) is 36.9. The monoisotopic (exact) mass is 843 g/mol. The molecule has 0 saturated carbocycles. The van der Waals surface area contributed by atoms with Crippen molar-refractivity contribution in [3.05, 3.63) is 270 Å². The first-order chi connectivity index (χ1) is 32.5. The predicted octanol–water partition coefficient (Wildman–Crippen LogP) is 16.9. The van der Waals surface area contributed by atoms with E-state index < -0.39 is 5.41 Å². The number of hydrogen-bond donors (Lipinski definition) is 0. The van der Waals surface area contributed by atoms with Crippen molar-refractivity contribution in [1.82, 2.24) is 0 Å². The van der Waals surface area contributed by atoms with E-state index in [4.69, 9.17) is 4.74 Å². The first kappa shape index (κ1) is 38.3. The highest BCUT2D eigenvalue weighted by atomic mass is 16.5. The summed E-state index contributed by atoms with van der Waals surface area (Å²) in [7, 11) is 0. The first-order valence-electron chi connectivity index (χ1n) is 23.0. The van der Waals surface area contributed by atoms with Gasteiger partial charge in [0.2, 0.25) is 0 Å². The molecule has 66 heavy (non-hydrogen) atoms. The maximum Gasteiger partial charge on any atom is 0.132 e. The summed E-state index contributed by atoms with van der Waals surface area (Å²) in [5, 5.41) is 0. The second kappa shape index (κ2) is 14.7. The van der Waals surface area contributed by atoms with Crippen LogP contribution in [0.25, 0.3) is 55.6 Å². The molecule has 0 amide bonds. The average molecular weight is 844 g/mol. The van der Waals surface area contributed by atoms with Crippen LogP contribution in [0.1, 0.15) is 47.2 Å². The summed E-state index contributed by atoms with van der Waals surface area (Å²) in [5.74, 6) is 1.78. The van der Waals surface area contributed by atoms with Crippen LogP contribution in [-0.4, -0.2) is 0 Å². The lowest BCUT2D eigenvalue weighted by Crippen LogP contribution is -2.32. The number of nitrogens with zero attached hydrogens (tertiary/aromatic N) is 1. The smallest absolute Gasteiger partial charge is 0.132 e. The fourth-order valence-electron chi connectivity index (χ4n) is 11.7. The van der Waals surface area contributed by atoms with Crippen LogP contribution in [-0.2, 0) is 10.8 Å². The number of benzene rings is 10. The molecule has 3 aliphatic rings. The molecular formula is C64H45NO. The Balaban J connectivity index is 1.04. The third-order valence-electron chi connectivity index (χ3n) is 14.6. The molecule has 0 atom stereocenters. The van der Waals surface area contributed by atoms with Crippen LogP contribution < -0.4 is 9.64 Å². The summed E-state index contributed by atoms with van der Waals surface area (Å²) < 4.78 is 6.78. The molecule has 1 heterocycles. The highest BCUT2D eigenvalue weighted by molar-refractivity contribution is 6.01. The van der Waals surface area contributed by atoms with Crippen molar-refractivity contribution < 1.29 is 4.74 Å². The molecular weight excluding hydrogens is 799 g/mol. The second-order valence-corrected chi connectivity index (χ2v) is 18.3. The maximum atomic E-state index is 6.78. The minimum Gasteiger partial charge on any atom is -0.457 e. The fourth-order valence-corrected chi connectivity index (χ4v) is 11.7. The quantitative estimate of drug-likeness (QED) is 0.165. The van der Waals surface area contributed by atoms with Gasteiger partial charge >= 0.3 is 0 Å². The number of hydrogen-bond acceptors (Lipinski definition) is 2. The predicted molar refractivity (Wildman–Crippen MR) is 272 cm³/mol. The van der Waals surface area contributed by atoms with E-state index in [2.05, 4.69) is 255 Å². The Kier molecular flexibility index (Phi) is 8.51. The summed E-state index contributed by atoms with van der Waals surface area (Å²) in [5.41, 5.74) is 22.5. The van der Waals surface area contributed by atoms with E-state index in [0.29, 0.717) is 0 Å². The van der Waals surface area contributed by atoms with E-state index in [-0.39, 0.29) is 5.41 Å². The van der Waals surface area contributed by atoms with Crippen LogP contribution in [0.15, 0.2) is 237 Å². The van der Waals surface area contributed by atoms with Gasteiger partial charge in [-0.2, -0.15) is 0 Å². The topological polar surface area (TPSA) is 12.5 Å². The SMILES string of the molecule is CC1(C)c2ccccc2-c2ccc(N(c3ccc(-c4ccc(-c5ccccc5)c5c4C4(c6ccccc6Oc6ccccc64)c4ccccc4-5)cc3)c3ccccc3-c3ccccc3)cc21. The first-order valence-corrected chi connectivity index (χ1v) is 23.0. The lowest BCUT2D eigenvalue weighted by atomic mass is 9.64. The van der Waals surface area contributed by atoms with E-state index in [1.807, 2.05) is 0 Å². The summed E-state index contributed by atoms with van der Waals surface area (Å²) in [6.45, 7) is 4.72. The highest BCUT2D eigenvalue weighted by Gasteiger charge is 2.53. The molecule has 2 nitrogen and oxygen atoms in total. The molecule has 0 bridgehead atoms. The van der Waals surface area contributed by atoms with Gasteiger partial charge in [0.25, 0.3) is 0 Å². The van der Waals surface area contributed by atoms with Gasteiger partial charge in [0.05, 0.1) is 11.1 Å². The third-order valence-corrected chi connectivity index (χ3v) is 14.6. The Labute approximate surface area is 386 Å². The summed E-state index contributed by atoms with van der Waals surface area (Å²) in [6, 6.07) is 86.8. The Morgan fingerprint density at radius 1 is 0.333 bits per heavy atom. The van der Waals surface area contributed by atoms with E-state index in [1.54, 1.807) is 0 Å². The number of fused-ring (bicyclic) bond motifs is 12. The Hall–Kier alpha value is -8.20. The molecule has 13 rings (SSSR count). The molecule has 312 valence electrons. The van der Waals surface area contributed by atoms with Crippen molar-refractivity contribution in [2.75, 3.05) is 4.90 Å². The molecule has 0 unspecified atom stereocenters. The van der Waals surface area contributed by atoms with Crippen molar-refractivity contribution in [3.63, 3.8) is 0 Å². The van der Waals surface area contributed by atoms with Crippen molar-refractivity contribution in [1.29, 1.82) is 0 Å². The number of para-hydroxylation sites is 3. The van der Waals surface area contributed by atoms with Gasteiger partial charge in [-0.3, -0.25) is 0 Å². The van der Waals surface area contributed by atoms with Gasteiger partial charge in [-0.15, -0.1) is 0 Å². The van der Waals surface area contributed by atoms with E-state index >= 15 is 0 Å². The molecule has 1 aliphatic heterocycles. The molecule has 0 N–H and O–H groups in total. The van der Waals surface area contributed by atoms with Gasteiger partial charge in [-0.05, 0) is 115 Å². The van der Waals surface area contributed by atoms with Crippen LogP contribution >= 0.6 is 0 Å². The molecule has 10 aromatic rings. The van der Waals surface area contributed by atoms with Crippen molar-refractivity contribution in [2.24, 2.45) is 0 Å². The Morgan fingerprint density at radius 3 is 1.48 bits per heavy atom. The standard InChI is InChI=1S/C64H45NO/c1-63(2)53-26-12-9-24-50(53)51-38-37-46(41-57(51)63)65(58-30-16-11-23-47(58)42-19-5-3-6-20-42)45-35-33-44(34-36-45)49-40-39-48(43-21-7-4-8-22-43)61-52-25-10-13-27-54(52)64(62(49)61)55-28-14-17-31-59(55)66-60-32-18-15-29-56(60)64/h3-41H,1-2H3. The second-order valence-electron chi connectivity index (χ2n) is 18.3. The van der Waals surface area contributed by atoms with Gasteiger partial charge < -0.3 is 9.64 Å². The minimum atomic E-state index is -0.633. The zero-order valence-electron chi connectivity index (χ0n) is 36.9. The summed E-state index contributed by atoms with van der Waals surface area (Å²) in [4.78, 5) is 2.46. The lowest BCUT2D eigenvalue weighted by molar-refractivity contribution is 0.436. The normalized spacial score (nSPS) is 14.0. The Bertz CT molecular complexity index is 3480. The lowest BCUT2D eigenvalue weighted by Gasteiger charge is -2.40. The Morgan fingerprint density at radius 2 is 0.803 bits per heavy atom. The van der Waals surface area contributed by atoms with Crippen molar-refractivity contribution >= 4 is 17.1 Å². The maximum absolute atomic E-state index is 6.78. The van der Waals surface area contributed by atoms with Crippen LogP contribution in [0.4, 0.5) is 17.1 Å². The van der Waals surface area contributed by atoms with Crippen molar-refractivity contribution in [2.45, 2.75) is 24.7 Å². The molecule has 0 aromatic heterocycles. The molecule has 0 fully saturated rings. The number of anilines is 3.